The van der Waals surface area contributed by atoms with E-state index in [0.29, 0.717) is 19.1 Å². The van der Waals surface area contributed by atoms with Crippen LogP contribution in [0, 0.1) is 0 Å². The van der Waals surface area contributed by atoms with Gasteiger partial charge in [0, 0.05) is 13.1 Å². The highest BCUT2D eigenvalue weighted by atomic mass is 16.5. The zero-order valence-electron chi connectivity index (χ0n) is 9.48. The highest BCUT2D eigenvalue weighted by Crippen LogP contribution is 2.12. The standard InChI is InChI=1S/C12H18N2O2/c1-10(11-5-3-2-4-6-11)9-14-7-8-16-12(13)15/h2-6,10,14H,7-9H2,1H3,(H2,13,15). The predicted octanol–water partition coefficient (Wildman–Crippen LogP) is 1.47. The van der Waals surface area contributed by atoms with Gasteiger partial charge in [0.2, 0.25) is 0 Å². The molecule has 1 aromatic carbocycles. The fraction of sp³-hybridized carbons (Fsp3) is 0.417. The van der Waals surface area contributed by atoms with Crippen molar-refractivity contribution < 1.29 is 9.53 Å². The smallest absolute Gasteiger partial charge is 0.404 e. The van der Waals surface area contributed by atoms with Crippen molar-refractivity contribution in [1.82, 2.24) is 5.32 Å². The van der Waals surface area contributed by atoms with E-state index in [0.717, 1.165) is 6.54 Å². The molecule has 4 nitrogen and oxygen atoms in total. The number of hydrogen-bond acceptors (Lipinski definition) is 3. The van der Waals surface area contributed by atoms with Gasteiger partial charge < -0.3 is 15.8 Å². The second-order valence-electron chi connectivity index (χ2n) is 3.68. The lowest BCUT2D eigenvalue weighted by atomic mass is 10.0. The normalized spacial score (nSPS) is 12.1. The summed E-state index contributed by atoms with van der Waals surface area (Å²) in [7, 11) is 0. The van der Waals surface area contributed by atoms with Crippen molar-refractivity contribution in [2.24, 2.45) is 5.73 Å². The molecule has 0 fully saturated rings. The Morgan fingerprint density at radius 3 is 2.75 bits per heavy atom. The Morgan fingerprint density at radius 1 is 1.44 bits per heavy atom. The van der Waals surface area contributed by atoms with E-state index in [1.165, 1.54) is 5.56 Å². The van der Waals surface area contributed by atoms with Crippen molar-refractivity contribution >= 4 is 6.09 Å². The van der Waals surface area contributed by atoms with Crippen LogP contribution in [0.4, 0.5) is 4.79 Å². The summed E-state index contributed by atoms with van der Waals surface area (Å²) >= 11 is 0. The van der Waals surface area contributed by atoms with Crippen LogP contribution in [0.5, 0.6) is 0 Å². The van der Waals surface area contributed by atoms with E-state index in [1.807, 2.05) is 18.2 Å². The van der Waals surface area contributed by atoms with Gasteiger partial charge in [-0.1, -0.05) is 37.3 Å². The molecule has 1 rings (SSSR count). The molecule has 0 aromatic heterocycles. The molecule has 0 aliphatic heterocycles. The largest absolute Gasteiger partial charge is 0.448 e. The third-order valence-corrected chi connectivity index (χ3v) is 2.34. The van der Waals surface area contributed by atoms with Gasteiger partial charge in [-0.25, -0.2) is 4.79 Å². The van der Waals surface area contributed by atoms with Gasteiger partial charge in [-0.2, -0.15) is 0 Å². The summed E-state index contributed by atoms with van der Waals surface area (Å²) in [6, 6.07) is 10.3. The first-order chi connectivity index (χ1) is 7.70. The molecule has 1 amide bonds. The molecule has 3 N–H and O–H groups in total. The molecule has 0 aliphatic carbocycles. The van der Waals surface area contributed by atoms with Crippen LogP contribution in [-0.4, -0.2) is 25.8 Å². The van der Waals surface area contributed by atoms with Crippen LogP contribution in [0.3, 0.4) is 0 Å². The molecule has 1 aromatic rings. The minimum atomic E-state index is -0.724. The predicted molar refractivity (Wildman–Crippen MR) is 63.3 cm³/mol. The van der Waals surface area contributed by atoms with Crippen LogP contribution in [0.15, 0.2) is 30.3 Å². The van der Waals surface area contributed by atoms with Crippen molar-refractivity contribution in [2.75, 3.05) is 19.7 Å². The van der Waals surface area contributed by atoms with Gasteiger partial charge in [0.25, 0.3) is 0 Å². The SMILES string of the molecule is CC(CNCCOC(N)=O)c1ccccc1. The zero-order chi connectivity index (χ0) is 11.8. The molecule has 88 valence electrons. The molecule has 0 radical (unpaired) electrons. The van der Waals surface area contributed by atoms with Crippen molar-refractivity contribution in [3.05, 3.63) is 35.9 Å². The molecule has 4 heteroatoms. The summed E-state index contributed by atoms with van der Waals surface area (Å²) in [6.07, 6.45) is -0.724. The number of ether oxygens (including phenoxy) is 1. The Hall–Kier alpha value is -1.55. The van der Waals surface area contributed by atoms with E-state index < -0.39 is 6.09 Å². The maximum absolute atomic E-state index is 10.3. The first kappa shape index (κ1) is 12.5. The van der Waals surface area contributed by atoms with Gasteiger partial charge in [0.05, 0.1) is 0 Å². The quantitative estimate of drug-likeness (QED) is 0.716. The minimum absolute atomic E-state index is 0.316. The number of rotatable bonds is 6. The number of hydrogen-bond donors (Lipinski definition) is 2. The second-order valence-corrected chi connectivity index (χ2v) is 3.68. The van der Waals surface area contributed by atoms with E-state index in [9.17, 15) is 4.79 Å². The highest BCUT2D eigenvalue weighted by Gasteiger charge is 2.03. The molecule has 0 heterocycles. The van der Waals surface area contributed by atoms with Gasteiger partial charge in [0.15, 0.2) is 0 Å². The van der Waals surface area contributed by atoms with E-state index in [-0.39, 0.29) is 0 Å². The van der Waals surface area contributed by atoms with Crippen LogP contribution in [0.1, 0.15) is 18.4 Å². The Balaban J connectivity index is 2.16. The number of nitrogens with two attached hydrogens (primary N) is 1. The van der Waals surface area contributed by atoms with Crippen molar-refractivity contribution in [3.8, 4) is 0 Å². The van der Waals surface area contributed by atoms with Crippen molar-refractivity contribution in [2.45, 2.75) is 12.8 Å². The molecular weight excluding hydrogens is 204 g/mol. The second kappa shape index (κ2) is 6.85. The number of benzene rings is 1. The molecule has 16 heavy (non-hydrogen) atoms. The molecule has 0 spiro atoms. The van der Waals surface area contributed by atoms with Crippen LogP contribution in [-0.2, 0) is 4.74 Å². The van der Waals surface area contributed by atoms with Gasteiger partial charge >= 0.3 is 6.09 Å². The summed E-state index contributed by atoms with van der Waals surface area (Å²) in [5.74, 6) is 0.440. The number of nitrogens with one attached hydrogen (secondary N) is 1. The van der Waals surface area contributed by atoms with Crippen molar-refractivity contribution in [1.29, 1.82) is 0 Å². The Kier molecular flexibility index (Phi) is 5.36. The number of carbonyl (C=O) groups is 1. The number of carbonyl (C=O) groups excluding carboxylic acids is 1. The molecule has 0 saturated heterocycles. The molecule has 1 atom stereocenters. The molecular formula is C12H18N2O2. The lowest BCUT2D eigenvalue weighted by Gasteiger charge is -2.12. The Morgan fingerprint density at radius 2 is 2.12 bits per heavy atom. The lowest BCUT2D eigenvalue weighted by molar-refractivity contribution is 0.157. The fourth-order valence-electron chi connectivity index (χ4n) is 1.44. The van der Waals surface area contributed by atoms with Crippen LogP contribution in [0.25, 0.3) is 0 Å². The first-order valence-electron chi connectivity index (χ1n) is 5.38. The average Bonchev–Trinajstić information content (AvgIpc) is 2.29. The van der Waals surface area contributed by atoms with E-state index in [2.05, 4.69) is 29.1 Å². The monoisotopic (exact) mass is 222 g/mol. The third kappa shape index (κ3) is 4.79. The Bertz CT molecular complexity index is 314. The molecule has 0 aliphatic rings. The maximum Gasteiger partial charge on any atom is 0.404 e. The maximum atomic E-state index is 10.3. The summed E-state index contributed by atoms with van der Waals surface area (Å²) < 4.78 is 4.61. The molecule has 0 bridgehead atoms. The zero-order valence-corrected chi connectivity index (χ0v) is 9.48. The summed E-state index contributed by atoms with van der Waals surface area (Å²) in [5, 5.41) is 3.21. The minimum Gasteiger partial charge on any atom is -0.448 e. The lowest BCUT2D eigenvalue weighted by Crippen LogP contribution is -2.26. The highest BCUT2D eigenvalue weighted by molar-refractivity contribution is 5.64. The Labute approximate surface area is 95.8 Å². The molecule has 1 unspecified atom stereocenters. The van der Waals surface area contributed by atoms with E-state index in [1.54, 1.807) is 0 Å². The van der Waals surface area contributed by atoms with E-state index in [4.69, 9.17) is 5.73 Å². The van der Waals surface area contributed by atoms with Crippen LogP contribution >= 0.6 is 0 Å². The topological polar surface area (TPSA) is 64.3 Å². The van der Waals surface area contributed by atoms with E-state index >= 15 is 0 Å². The summed E-state index contributed by atoms with van der Waals surface area (Å²) in [4.78, 5) is 10.3. The van der Waals surface area contributed by atoms with Crippen LogP contribution in [0.2, 0.25) is 0 Å². The summed E-state index contributed by atoms with van der Waals surface area (Å²) in [6.45, 7) is 3.94. The number of amides is 1. The van der Waals surface area contributed by atoms with Gasteiger partial charge in [-0.05, 0) is 11.5 Å². The molecule has 0 saturated carbocycles. The first-order valence-corrected chi connectivity index (χ1v) is 5.38. The average molecular weight is 222 g/mol. The fourth-order valence-corrected chi connectivity index (χ4v) is 1.44. The van der Waals surface area contributed by atoms with Gasteiger partial charge in [0.1, 0.15) is 6.61 Å². The van der Waals surface area contributed by atoms with Gasteiger partial charge in [-0.3, -0.25) is 0 Å². The van der Waals surface area contributed by atoms with Crippen LogP contribution < -0.4 is 11.1 Å². The summed E-state index contributed by atoms with van der Waals surface area (Å²) in [5.41, 5.74) is 6.13. The van der Waals surface area contributed by atoms with Crippen molar-refractivity contribution in [3.63, 3.8) is 0 Å². The van der Waals surface area contributed by atoms with Gasteiger partial charge in [-0.15, -0.1) is 0 Å². The number of primary amides is 1. The third-order valence-electron chi connectivity index (χ3n) is 2.34.